The van der Waals surface area contributed by atoms with Crippen LogP contribution >= 0.6 is 11.3 Å². The van der Waals surface area contributed by atoms with E-state index >= 15 is 0 Å². The second-order valence-electron chi connectivity index (χ2n) is 8.30. The summed E-state index contributed by atoms with van der Waals surface area (Å²) >= 11 is 1.34. The van der Waals surface area contributed by atoms with Crippen LogP contribution in [0.4, 0.5) is 10.1 Å². The smallest absolute Gasteiger partial charge is 0.244 e. The van der Waals surface area contributed by atoms with E-state index in [4.69, 9.17) is 0 Å². The van der Waals surface area contributed by atoms with E-state index in [9.17, 15) is 18.8 Å². The standard InChI is InChI=1S/C25H17FN2O3S/c26-15-7-9-16(10-8-15)28-24(30)19-20(25(28)31)22(23(29)18-6-3-13-32-18)27-12-11-14-4-1-2-5-17(14)21(19)27/h1-13,19-22H/p+1/t19-,20+,21-,22+/m0/s1. The number of nitrogens with one attached hydrogen (secondary N) is 1. The first-order chi connectivity index (χ1) is 15.6. The van der Waals surface area contributed by atoms with Gasteiger partial charge in [-0.2, -0.15) is 0 Å². The molecule has 5 nitrogen and oxygen atoms in total. The van der Waals surface area contributed by atoms with Crippen molar-refractivity contribution in [3.8, 4) is 0 Å². The minimum atomic E-state index is -0.780. The Kier molecular flexibility index (Phi) is 4.25. The van der Waals surface area contributed by atoms with E-state index in [2.05, 4.69) is 0 Å². The van der Waals surface area contributed by atoms with Gasteiger partial charge in [-0.15, -0.1) is 11.3 Å². The highest BCUT2D eigenvalue weighted by atomic mass is 32.1. The van der Waals surface area contributed by atoms with Gasteiger partial charge >= 0.3 is 0 Å². The van der Waals surface area contributed by atoms with Gasteiger partial charge in [0.25, 0.3) is 0 Å². The van der Waals surface area contributed by atoms with Gasteiger partial charge in [-0.1, -0.05) is 30.3 Å². The topological polar surface area (TPSA) is 58.9 Å². The molecule has 2 saturated heterocycles. The molecule has 2 amide bonds. The zero-order chi connectivity index (χ0) is 22.0. The van der Waals surface area contributed by atoms with Crippen molar-refractivity contribution in [2.75, 3.05) is 4.90 Å². The number of anilines is 1. The van der Waals surface area contributed by atoms with Gasteiger partial charge in [-0.3, -0.25) is 19.3 Å². The molecule has 5 atom stereocenters. The minimum absolute atomic E-state index is 0.126. The molecule has 3 aromatic rings. The first-order valence-corrected chi connectivity index (χ1v) is 11.3. The second-order valence-corrected chi connectivity index (χ2v) is 9.25. The number of hydrogen-bond acceptors (Lipinski definition) is 4. The van der Waals surface area contributed by atoms with Gasteiger partial charge in [0.1, 0.15) is 23.7 Å². The van der Waals surface area contributed by atoms with E-state index in [-0.39, 0.29) is 17.7 Å². The van der Waals surface area contributed by atoms with Crippen LogP contribution in [0.5, 0.6) is 0 Å². The summed E-state index contributed by atoms with van der Waals surface area (Å²) in [4.78, 5) is 43.4. The van der Waals surface area contributed by atoms with Crippen molar-refractivity contribution in [1.29, 1.82) is 0 Å². The Balaban J connectivity index is 1.50. The van der Waals surface area contributed by atoms with Crippen molar-refractivity contribution in [2.24, 2.45) is 11.8 Å². The van der Waals surface area contributed by atoms with E-state index in [1.54, 1.807) is 6.07 Å². The van der Waals surface area contributed by atoms with Crippen molar-refractivity contribution in [2.45, 2.75) is 12.1 Å². The van der Waals surface area contributed by atoms with E-state index in [0.717, 1.165) is 20.9 Å². The van der Waals surface area contributed by atoms with Crippen LogP contribution in [0.25, 0.3) is 6.08 Å². The number of fused-ring (bicyclic) bond motifs is 5. The Hall–Kier alpha value is -3.42. The molecular weight excluding hydrogens is 427 g/mol. The lowest BCUT2D eigenvalue weighted by Crippen LogP contribution is -3.12. The van der Waals surface area contributed by atoms with E-state index < -0.39 is 29.6 Å². The third kappa shape index (κ3) is 2.61. The Labute approximate surface area is 187 Å². The lowest BCUT2D eigenvalue weighted by Gasteiger charge is -2.30. The summed E-state index contributed by atoms with van der Waals surface area (Å²) in [6, 6.07) is 15.7. The van der Waals surface area contributed by atoms with Crippen molar-refractivity contribution < 1.29 is 23.7 Å². The first kappa shape index (κ1) is 19.3. The highest BCUT2D eigenvalue weighted by molar-refractivity contribution is 7.12. The van der Waals surface area contributed by atoms with E-state index in [1.165, 1.54) is 35.6 Å². The van der Waals surface area contributed by atoms with Gasteiger partial charge in [-0.25, -0.2) is 9.29 Å². The zero-order valence-corrected chi connectivity index (χ0v) is 17.6. The summed E-state index contributed by atoms with van der Waals surface area (Å²) in [6.45, 7) is 0. The van der Waals surface area contributed by atoms with Gasteiger partial charge in [0, 0.05) is 5.56 Å². The van der Waals surface area contributed by atoms with Gasteiger partial charge in [0.05, 0.1) is 16.8 Å². The zero-order valence-electron chi connectivity index (χ0n) is 16.8. The van der Waals surface area contributed by atoms with Crippen LogP contribution in [-0.2, 0) is 9.59 Å². The summed E-state index contributed by atoms with van der Waals surface area (Å²) in [7, 11) is 0. The molecule has 0 radical (unpaired) electrons. The fourth-order valence-electron chi connectivity index (χ4n) is 5.47. The minimum Gasteiger partial charge on any atom is -0.292 e. The van der Waals surface area contributed by atoms with Crippen LogP contribution < -0.4 is 9.80 Å². The van der Waals surface area contributed by atoms with Crippen molar-refractivity contribution in [3.05, 3.63) is 94.1 Å². The van der Waals surface area contributed by atoms with Crippen molar-refractivity contribution in [1.82, 2.24) is 0 Å². The Bertz CT molecular complexity index is 1280. The third-order valence-corrected chi connectivity index (χ3v) is 7.64. The number of carbonyl (C=O) groups excluding carboxylic acids is 3. The number of ketones is 1. The molecular formula is C25H18FN2O3S+. The van der Waals surface area contributed by atoms with Crippen molar-refractivity contribution in [3.63, 3.8) is 0 Å². The number of nitrogens with zero attached hydrogens (tertiary/aromatic N) is 1. The predicted molar refractivity (Wildman–Crippen MR) is 117 cm³/mol. The molecule has 0 aliphatic carbocycles. The Morgan fingerprint density at radius 3 is 2.44 bits per heavy atom. The molecule has 0 bridgehead atoms. The maximum Gasteiger partial charge on any atom is 0.244 e. The van der Waals surface area contributed by atoms with Gasteiger partial charge in [0.15, 0.2) is 6.04 Å². The molecule has 2 fully saturated rings. The fourth-order valence-corrected chi connectivity index (χ4v) is 6.17. The van der Waals surface area contributed by atoms with Crippen LogP contribution in [0.1, 0.15) is 26.8 Å². The summed E-state index contributed by atoms with van der Waals surface area (Å²) < 4.78 is 13.5. The highest BCUT2D eigenvalue weighted by Crippen LogP contribution is 2.45. The molecule has 3 aliphatic heterocycles. The second kappa shape index (κ2) is 7.05. The van der Waals surface area contributed by atoms with Crippen LogP contribution in [-0.4, -0.2) is 23.6 Å². The lowest BCUT2D eigenvalue weighted by atomic mass is 9.84. The number of imide groups is 1. The molecule has 6 rings (SSSR count). The molecule has 1 aromatic heterocycles. The Morgan fingerprint density at radius 2 is 1.69 bits per heavy atom. The maximum absolute atomic E-state index is 13.7. The van der Waals surface area contributed by atoms with Gasteiger partial charge in [0.2, 0.25) is 17.6 Å². The normalized spacial score (nSPS) is 27.9. The maximum atomic E-state index is 13.7. The summed E-state index contributed by atoms with van der Waals surface area (Å²) in [5.74, 6) is -2.74. The number of carbonyl (C=O) groups is 3. The number of hydrogen-bond donors (Lipinski definition) is 1. The number of amides is 2. The number of halogens is 1. The highest BCUT2D eigenvalue weighted by Gasteiger charge is 2.68. The number of thiophene rings is 1. The summed E-state index contributed by atoms with van der Waals surface area (Å²) in [6.07, 6.45) is 3.88. The number of Topliss-reactive ketones (excluding diaryl/α,β-unsaturated/α-hetero) is 1. The molecule has 7 heteroatoms. The molecule has 3 aliphatic rings. The molecule has 4 heterocycles. The predicted octanol–water partition coefficient (Wildman–Crippen LogP) is 2.87. The van der Waals surface area contributed by atoms with Crippen LogP contribution in [0.3, 0.4) is 0 Å². The quantitative estimate of drug-likeness (QED) is 0.498. The molecule has 1 unspecified atom stereocenters. The van der Waals surface area contributed by atoms with Crippen LogP contribution in [0.2, 0.25) is 0 Å². The van der Waals surface area contributed by atoms with Gasteiger partial charge < -0.3 is 0 Å². The van der Waals surface area contributed by atoms with Gasteiger partial charge in [-0.05, 0) is 47.4 Å². The number of benzene rings is 2. The summed E-state index contributed by atoms with van der Waals surface area (Å²) in [5.41, 5.74) is 2.28. The largest absolute Gasteiger partial charge is 0.292 e. The molecule has 0 spiro atoms. The average Bonchev–Trinajstić information content (AvgIpc) is 3.51. The van der Waals surface area contributed by atoms with Crippen LogP contribution in [0, 0.1) is 17.7 Å². The Morgan fingerprint density at radius 1 is 0.938 bits per heavy atom. The monoisotopic (exact) mass is 445 g/mol. The molecule has 2 aromatic carbocycles. The molecule has 158 valence electrons. The lowest BCUT2D eigenvalue weighted by molar-refractivity contribution is -0.884. The first-order valence-electron chi connectivity index (χ1n) is 10.4. The SMILES string of the molecule is O=C(c1cccs1)[C@H]1[C@@H]2C(=O)N(c3ccc(F)cc3)C(=O)[C@@H]2[C@@H]2c3ccccc3C=C[NH+]12. The molecule has 0 saturated carbocycles. The van der Waals surface area contributed by atoms with E-state index in [1.807, 2.05) is 48.0 Å². The third-order valence-electron chi connectivity index (χ3n) is 6.75. The van der Waals surface area contributed by atoms with Crippen molar-refractivity contribution >= 4 is 40.7 Å². The molecule has 1 N–H and O–H groups in total. The number of rotatable bonds is 3. The number of quaternary nitrogens is 1. The van der Waals surface area contributed by atoms with E-state index in [0.29, 0.717) is 10.6 Å². The fraction of sp³-hybridized carbons (Fsp3) is 0.160. The molecule has 32 heavy (non-hydrogen) atoms. The van der Waals surface area contributed by atoms with Crippen LogP contribution in [0.15, 0.2) is 72.2 Å². The average molecular weight is 445 g/mol. The summed E-state index contributed by atoms with van der Waals surface area (Å²) in [5, 5.41) is 1.83.